The molecule has 4 saturated carbocycles. The van der Waals surface area contributed by atoms with Gasteiger partial charge < -0.3 is 10.2 Å². The third-order valence-corrected chi connectivity index (χ3v) is 7.29. The zero-order chi connectivity index (χ0) is 20.6. The molecule has 0 radical (unpaired) electrons. The molecule has 4 rings (SSSR count). The first-order chi connectivity index (χ1) is 13.2. The largest absolute Gasteiger partial charge is 0.358 e. The second-order valence-electron chi connectivity index (χ2n) is 9.77. The second-order valence-corrected chi connectivity index (χ2v) is 9.77. The zero-order valence-electron chi connectivity index (χ0n) is 17.6. The molecule has 4 aliphatic rings. The number of hydrogen-bond acceptors (Lipinski definition) is 4. The Morgan fingerprint density at radius 1 is 1.04 bits per heavy atom. The lowest BCUT2D eigenvalue weighted by molar-refractivity contribution is -0.164. The normalized spacial score (nSPS) is 31.6. The van der Waals surface area contributed by atoms with E-state index < -0.39 is 23.8 Å². The van der Waals surface area contributed by atoms with Crippen LogP contribution in [0.3, 0.4) is 0 Å². The molecule has 0 aliphatic heterocycles. The van der Waals surface area contributed by atoms with Crippen LogP contribution in [0.2, 0.25) is 0 Å². The minimum atomic E-state index is -1.05. The van der Waals surface area contributed by atoms with Crippen molar-refractivity contribution in [3.05, 3.63) is 0 Å². The highest BCUT2D eigenvalue weighted by molar-refractivity contribution is 6.05. The molecule has 4 fully saturated rings. The van der Waals surface area contributed by atoms with Crippen molar-refractivity contribution in [2.75, 3.05) is 14.1 Å². The molecule has 0 unspecified atom stereocenters. The van der Waals surface area contributed by atoms with Gasteiger partial charge in [0, 0.05) is 19.6 Å². The molecule has 4 aliphatic carbocycles. The van der Waals surface area contributed by atoms with Crippen LogP contribution in [0.5, 0.6) is 0 Å². The Hall–Kier alpha value is -1.63. The molecule has 1 atom stereocenters. The fraction of sp³-hybridized carbons (Fsp3) is 0.857. The van der Waals surface area contributed by atoms with Crippen molar-refractivity contribution in [3.8, 4) is 0 Å². The topological polar surface area (TPSA) is 90.0 Å². The summed E-state index contributed by atoms with van der Waals surface area (Å²) in [6, 6.07) is -0.703. The van der Waals surface area contributed by atoms with Gasteiger partial charge in [-0.15, -0.1) is 5.06 Å². The van der Waals surface area contributed by atoms with E-state index >= 15 is 0 Å². The highest BCUT2D eigenvalue weighted by Gasteiger charge is 2.54. The third-order valence-electron chi connectivity index (χ3n) is 7.29. The molecule has 0 aromatic carbocycles. The number of amides is 4. The van der Waals surface area contributed by atoms with Crippen LogP contribution in [0.25, 0.3) is 0 Å². The molecule has 158 valence electrons. The summed E-state index contributed by atoms with van der Waals surface area (Å²) >= 11 is 0. The zero-order valence-corrected chi connectivity index (χ0v) is 17.6. The van der Waals surface area contributed by atoms with Gasteiger partial charge in [0.1, 0.15) is 5.92 Å². The maximum absolute atomic E-state index is 13.0. The number of hydroxylamine groups is 2. The fourth-order valence-corrected chi connectivity index (χ4v) is 6.10. The van der Waals surface area contributed by atoms with Crippen LogP contribution in [0.4, 0.5) is 4.79 Å². The molecule has 7 nitrogen and oxygen atoms in total. The van der Waals surface area contributed by atoms with E-state index in [2.05, 4.69) is 5.32 Å². The van der Waals surface area contributed by atoms with Crippen LogP contribution < -0.4 is 5.32 Å². The number of carbonyl (C=O) groups excluding carboxylic acids is 3. The highest BCUT2D eigenvalue weighted by atomic mass is 16.5. The average molecular weight is 394 g/mol. The van der Waals surface area contributed by atoms with Crippen LogP contribution in [0, 0.1) is 29.6 Å². The van der Waals surface area contributed by atoms with E-state index in [-0.39, 0.29) is 10.6 Å². The van der Waals surface area contributed by atoms with Crippen molar-refractivity contribution in [2.24, 2.45) is 29.6 Å². The first kappa shape index (κ1) is 21.1. The van der Waals surface area contributed by atoms with Gasteiger partial charge in [-0.1, -0.05) is 13.8 Å². The van der Waals surface area contributed by atoms with Gasteiger partial charge in [-0.2, -0.15) is 0 Å². The summed E-state index contributed by atoms with van der Waals surface area (Å²) in [5, 5.41) is 13.1. The Labute approximate surface area is 167 Å². The van der Waals surface area contributed by atoms with Gasteiger partial charge in [-0.05, 0) is 75.0 Å². The second kappa shape index (κ2) is 8.01. The minimum absolute atomic E-state index is 0.193. The number of hydrogen-bond donors (Lipinski definition) is 2. The van der Waals surface area contributed by atoms with Crippen LogP contribution >= 0.6 is 0 Å². The van der Waals surface area contributed by atoms with Crippen molar-refractivity contribution in [1.29, 1.82) is 0 Å². The van der Waals surface area contributed by atoms with Gasteiger partial charge in [-0.3, -0.25) is 14.8 Å². The smallest absolute Gasteiger partial charge is 0.351 e. The Kier molecular flexibility index (Phi) is 6.03. The molecule has 4 bridgehead atoms. The Balaban J connectivity index is 1.71. The number of imide groups is 1. The summed E-state index contributed by atoms with van der Waals surface area (Å²) in [5.74, 6) is -0.0860. The molecule has 0 aromatic heterocycles. The number of carbonyl (C=O) groups is 3. The van der Waals surface area contributed by atoms with E-state index in [1.54, 1.807) is 11.9 Å². The van der Waals surface area contributed by atoms with Crippen LogP contribution in [0.1, 0.15) is 65.2 Å². The van der Waals surface area contributed by atoms with Gasteiger partial charge in [0.2, 0.25) is 5.91 Å². The lowest BCUT2D eigenvalue weighted by Crippen LogP contribution is -2.62. The Bertz CT molecular complexity index is 598. The average Bonchev–Trinajstić information content (AvgIpc) is 2.64. The van der Waals surface area contributed by atoms with Gasteiger partial charge in [-0.25, -0.2) is 4.79 Å². The maximum atomic E-state index is 13.0. The predicted molar refractivity (Wildman–Crippen MR) is 104 cm³/mol. The van der Waals surface area contributed by atoms with E-state index in [0.29, 0.717) is 36.5 Å². The monoisotopic (exact) mass is 393 g/mol. The molecule has 0 heterocycles. The third kappa shape index (κ3) is 3.91. The number of urea groups is 1. The Morgan fingerprint density at radius 2 is 1.54 bits per heavy atom. The highest BCUT2D eigenvalue weighted by Crippen LogP contribution is 2.57. The molecular weight excluding hydrogens is 358 g/mol. The van der Waals surface area contributed by atoms with Crippen molar-refractivity contribution < 1.29 is 19.6 Å². The maximum Gasteiger partial charge on any atom is 0.351 e. The molecule has 0 aromatic rings. The fourth-order valence-electron chi connectivity index (χ4n) is 6.10. The lowest BCUT2D eigenvalue weighted by Gasteiger charge is -2.59. The van der Waals surface area contributed by atoms with Gasteiger partial charge >= 0.3 is 6.03 Å². The summed E-state index contributed by atoms with van der Waals surface area (Å²) < 4.78 is 0. The van der Waals surface area contributed by atoms with Crippen molar-refractivity contribution in [2.45, 2.75) is 70.8 Å². The molecule has 0 saturated heterocycles. The summed E-state index contributed by atoms with van der Waals surface area (Å²) in [4.78, 5) is 39.6. The standard InChI is InChI=1S/C21H35N3O4/c1-13(2)5-6-17(18(25)22-3)19(26)24(28)20(27)23(4)21-10-14-7-15(11-21)9-16(8-14)12-21/h13-17,28H,5-12H2,1-4H3,(H,22,25)/t14?,15?,16?,17-,21?/m0/s1. The molecular formula is C21H35N3O4. The van der Waals surface area contributed by atoms with E-state index in [1.807, 2.05) is 13.8 Å². The summed E-state index contributed by atoms with van der Waals surface area (Å²) in [6.45, 7) is 4.02. The lowest BCUT2D eigenvalue weighted by atomic mass is 9.52. The molecule has 0 spiro atoms. The van der Waals surface area contributed by atoms with Crippen molar-refractivity contribution >= 4 is 17.8 Å². The van der Waals surface area contributed by atoms with Crippen LogP contribution in [0.15, 0.2) is 0 Å². The first-order valence-corrected chi connectivity index (χ1v) is 10.7. The van der Waals surface area contributed by atoms with E-state index in [0.717, 1.165) is 19.3 Å². The molecule has 4 amide bonds. The van der Waals surface area contributed by atoms with Gasteiger partial charge in [0.15, 0.2) is 0 Å². The van der Waals surface area contributed by atoms with E-state index in [4.69, 9.17) is 0 Å². The predicted octanol–water partition coefficient (Wildman–Crippen LogP) is 3.02. The summed E-state index contributed by atoms with van der Waals surface area (Å²) in [5.41, 5.74) is -0.256. The van der Waals surface area contributed by atoms with Gasteiger partial charge in [0.25, 0.3) is 5.91 Å². The van der Waals surface area contributed by atoms with Crippen molar-refractivity contribution in [3.63, 3.8) is 0 Å². The molecule has 28 heavy (non-hydrogen) atoms. The Morgan fingerprint density at radius 3 is 1.96 bits per heavy atom. The van der Waals surface area contributed by atoms with Crippen LogP contribution in [-0.2, 0) is 9.59 Å². The van der Waals surface area contributed by atoms with Crippen LogP contribution in [-0.4, -0.2) is 52.7 Å². The van der Waals surface area contributed by atoms with Gasteiger partial charge in [0.05, 0.1) is 0 Å². The molecule has 2 N–H and O–H groups in total. The minimum Gasteiger partial charge on any atom is -0.358 e. The number of nitrogens with zero attached hydrogens (tertiary/aromatic N) is 2. The van der Waals surface area contributed by atoms with E-state index in [1.165, 1.54) is 26.3 Å². The van der Waals surface area contributed by atoms with E-state index in [9.17, 15) is 19.6 Å². The first-order valence-electron chi connectivity index (χ1n) is 10.7. The summed E-state index contributed by atoms with van der Waals surface area (Å²) in [6.07, 6.45) is 7.57. The number of nitrogens with one attached hydrogen (secondary N) is 1. The van der Waals surface area contributed by atoms with Crippen molar-refractivity contribution in [1.82, 2.24) is 15.3 Å². The molecule has 7 heteroatoms. The summed E-state index contributed by atoms with van der Waals surface area (Å²) in [7, 11) is 3.16. The SMILES string of the molecule is CNC(=O)[C@H](CCC(C)C)C(=O)N(O)C(=O)N(C)C12CC3CC(CC(C3)C1)C2. The quantitative estimate of drug-likeness (QED) is 0.412. The number of rotatable bonds is 6.